The van der Waals surface area contributed by atoms with E-state index < -0.39 is 21.0 Å². The number of fused-ring (bicyclic) bond motifs is 3. The van der Waals surface area contributed by atoms with E-state index in [0.29, 0.717) is 5.69 Å². The van der Waals surface area contributed by atoms with Crippen LogP contribution in [0, 0.1) is 0 Å². The molecule has 0 heterocycles. The largest absolute Gasteiger partial charge is 0.322 e. The maximum absolute atomic E-state index is 12.8. The van der Waals surface area contributed by atoms with Crippen LogP contribution in [0.25, 0.3) is 11.1 Å². The molecule has 0 bridgehead atoms. The molecule has 0 aromatic heterocycles. The van der Waals surface area contributed by atoms with Crippen molar-refractivity contribution < 1.29 is 13.2 Å². The maximum Gasteiger partial charge on any atom is 0.256 e. The summed E-state index contributed by atoms with van der Waals surface area (Å²) in [6.07, 6.45) is 0.827. The monoisotopic (exact) mass is 391 g/mol. The summed E-state index contributed by atoms with van der Waals surface area (Å²) in [6, 6.07) is 20.4. The van der Waals surface area contributed by atoms with Gasteiger partial charge in [0.15, 0.2) is 9.84 Å². The smallest absolute Gasteiger partial charge is 0.256 e. The van der Waals surface area contributed by atoms with Crippen LogP contribution in [0.1, 0.15) is 35.3 Å². The first-order chi connectivity index (χ1) is 13.4. The lowest BCUT2D eigenvalue weighted by Gasteiger charge is -2.13. The maximum atomic E-state index is 12.8. The van der Waals surface area contributed by atoms with Gasteiger partial charge in [0.1, 0.15) is 0 Å². The third-order valence-electron chi connectivity index (χ3n) is 5.11. The lowest BCUT2D eigenvalue weighted by Crippen LogP contribution is -2.20. The zero-order valence-corrected chi connectivity index (χ0v) is 16.6. The van der Waals surface area contributed by atoms with Crippen LogP contribution in [0.2, 0.25) is 0 Å². The van der Waals surface area contributed by atoms with Crippen LogP contribution in [0.3, 0.4) is 0 Å². The fraction of sp³-hybridized carbons (Fsp3) is 0.174. The molecular weight excluding hydrogens is 370 g/mol. The molecule has 0 atom stereocenters. The van der Waals surface area contributed by atoms with Crippen LogP contribution in [-0.2, 0) is 16.3 Å². The highest BCUT2D eigenvalue weighted by atomic mass is 32.2. The summed E-state index contributed by atoms with van der Waals surface area (Å²) in [6.45, 7) is 3.23. The summed E-state index contributed by atoms with van der Waals surface area (Å²) < 4.78 is 25.2. The Labute approximate surface area is 165 Å². The molecule has 1 N–H and O–H groups in total. The molecule has 4 nitrogen and oxygen atoms in total. The minimum Gasteiger partial charge on any atom is -0.322 e. The van der Waals surface area contributed by atoms with Gasteiger partial charge in [0.25, 0.3) is 5.91 Å². The lowest BCUT2D eigenvalue weighted by atomic mass is 10.1. The number of carbonyl (C=O) groups is 1. The first kappa shape index (κ1) is 18.4. The van der Waals surface area contributed by atoms with Gasteiger partial charge in [0.2, 0.25) is 0 Å². The number of sulfone groups is 1. The summed E-state index contributed by atoms with van der Waals surface area (Å²) in [5, 5.41) is 2.27. The topological polar surface area (TPSA) is 63.2 Å². The Balaban J connectivity index is 1.64. The molecule has 0 radical (unpaired) electrons. The van der Waals surface area contributed by atoms with Crippen LogP contribution >= 0.6 is 0 Å². The van der Waals surface area contributed by atoms with Crippen molar-refractivity contribution in [2.75, 3.05) is 5.32 Å². The third kappa shape index (κ3) is 3.12. The summed E-state index contributed by atoms with van der Waals surface area (Å²) in [5.74, 6) is -0.421. The van der Waals surface area contributed by atoms with Crippen LogP contribution < -0.4 is 5.32 Å². The molecule has 3 aromatic carbocycles. The van der Waals surface area contributed by atoms with Crippen molar-refractivity contribution >= 4 is 21.4 Å². The van der Waals surface area contributed by atoms with Crippen molar-refractivity contribution in [3.05, 3.63) is 83.4 Å². The van der Waals surface area contributed by atoms with Crippen LogP contribution in [-0.4, -0.2) is 19.6 Å². The average Bonchev–Trinajstić information content (AvgIpc) is 3.05. The van der Waals surface area contributed by atoms with Crippen molar-refractivity contribution in [3.63, 3.8) is 0 Å². The number of amides is 1. The quantitative estimate of drug-likeness (QED) is 0.549. The van der Waals surface area contributed by atoms with E-state index >= 15 is 0 Å². The Morgan fingerprint density at radius 3 is 2.36 bits per heavy atom. The van der Waals surface area contributed by atoms with Gasteiger partial charge < -0.3 is 5.32 Å². The molecule has 142 valence electrons. The van der Waals surface area contributed by atoms with E-state index in [1.807, 2.05) is 30.3 Å². The van der Waals surface area contributed by atoms with Gasteiger partial charge in [-0.3, -0.25) is 4.79 Å². The second-order valence-corrected chi connectivity index (χ2v) is 9.72. The number of nitrogens with one attached hydrogen (secondary N) is 1. The van der Waals surface area contributed by atoms with Gasteiger partial charge in [0, 0.05) is 5.69 Å². The summed E-state index contributed by atoms with van der Waals surface area (Å²) in [5.41, 5.74) is 5.66. The Bertz CT molecular complexity index is 1180. The molecule has 5 heteroatoms. The van der Waals surface area contributed by atoms with Gasteiger partial charge in [-0.1, -0.05) is 42.5 Å². The van der Waals surface area contributed by atoms with Gasteiger partial charge >= 0.3 is 0 Å². The zero-order valence-electron chi connectivity index (χ0n) is 15.8. The van der Waals surface area contributed by atoms with Crippen LogP contribution in [0.4, 0.5) is 5.69 Å². The van der Waals surface area contributed by atoms with Crippen LogP contribution in [0.5, 0.6) is 0 Å². The Kier molecular flexibility index (Phi) is 4.55. The van der Waals surface area contributed by atoms with Gasteiger partial charge in [-0.25, -0.2) is 8.42 Å². The minimum atomic E-state index is -3.55. The SMILES string of the molecule is CC(C)S(=O)(=O)c1ccccc1C(=O)Nc1ccc2c(c1)Cc1ccccc1-2. The van der Waals surface area contributed by atoms with Crippen molar-refractivity contribution in [3.8, 4) is 11.1 Å². The van der Waals surface area contributed by atoms with Crippen molar-refractivity contribution in [2.45, 2.75) is 30.4 Å². The molecule has 3 aromatic rings. The molecule has 1 aliphatic carbocycles. The fourth-order valence-electron chi connectivity index (χ4n) is 3.58. The van der Waals surface area contributed by atoms with E-state index in [1.165, 1.54) is 22.8 Å². The van der Waals surface area contributed by atoms with Crippen LogP contribution in [0.15, 0.2) is 71.6 Å². The molecule has 0 saturated heterocycles. The number of hydrogen-bond donors (Lipinski definition) is 1. The van der Waals surface area contributed by atoms with E-state index in [-0.39, 0.29) is 10.5 Å². The van der Waals surface area contributed by atoms with Crippen molar-refractivity contribution in [1.29, 1.82) is 0 Å². The molecule has 28 heavy (non-hydrogen) atoms. The lowest BCUT2D eigenvalue weighted by molar-refractivity contribution is 0.102. The van der Waals surface area contributed by atoms with E-state index in [1.54, 1.807) is 32.0 Å². The molecule has 0 aliphatic heterocycles. The normalized spacial score (nSPS) is 12.5. The predicted octanol–water partition coefficient (Wildman–Crippen LogP) is 4.69. The van der Waals surface area contributed by atoms with E-state index in [4.69, 9.17) is 0 Å². The molecule has 0 fully saturated rings. The Hall–Kier alpha value is -2.92. The molecule has 1 aliphatic rings. The highest BCUT2D eigenvalue weighted by Gasteiger charge is 2.25. The zero-order chi connectivity index (χ0) is 19.9. The number of carbonyl (C=O) groups excluding carboxylic acids is 1. The van der Waals surface area contributed by atoms with Gasteiger partial charge in [0.05, 0.1) is 15.7 Å². The number of hydrogen-bond acceptors (Lipinski definition) is 3. The minimum absolute atomic E-state index is 0.0658. The standard InChI is InChI=1S/C23H21NO3S/c1-15(2)28(26,27)22-10-6-5-9-21(22)23(25)24-18-11-12-20-17(14-18)13-16-7-3-4-8-19(16)20/h3-12,14-15H,13H2,1-2H3,(H,24,25). The van der Waals surface area contributed by atoms with E-state index in [9.17, 15) is 13.2 Å². The Morgan fingerprint density at radius 2 is 1.57 bits per heavy atom. The summed E-state index contributed by atoms with van der Waals surface area (Å²) in [7, 11) is -3.55. The second-order valence-electron chi connectivity index (χ2n) is 7.25. The molecule has 4 rings (SSSR count). The number of benzene rings is 3. The first-order valence-corrected chi connectivity index (χ1v) is 10.8. The molecule has 0 saturated carbocycles. The molecular formula is C23H21NO3S. The highest BCUT2D eigenvalue weighted by Crippen LogP contribution is 2.37. The number of anilines is 1. The summed E-state index contributed by atoms with van der Waals surface area (Å²) in [4.78, 5) is 12.9. The second kappa shape index (κ2) is 6.91. The van der Waals surface area contributed by atoms with Gasteiger partial charge in [-0.2, -0.15) is 0 Å². The molecule has 0 unspecified atom stereocenters. The van der Waals surface area contributed by atoms with Gasteiger partial charge in [-0.15, -0.1) is 0 Å². The fourth-order valence-corrected chi connectivity index (χ4v) is 4.82. The third-order valence-corrected chi connectivity index (χ3v) is 7.32. The average molecular weight is 391 g/mol. The van der Waals surface area contributed by atoms with Crippen molar-refractivity contribution in [2.24, 2.45) is 0 Å². The van der Waals surface area contributed by atoms with Crippen molar-refractivity contribution in [1.82, 2.24) is 0 Å². The molecule has 0 spiro atoms. The summed E-state index contributed by atoms with van der Waals surface area (Å²) >= 11 is 0. The van der Waals surface area contributed by atoms with Gasteiger partial charge in [-0.05, 0) is 66.8 Å². The highest BCUT2D eigenvalue weighted by molar-refractivity contribution is 7.92. The Morgan fingerprint density at radius 1 is 0.893 bits per heavy atom. The predicted molar refractivity (Wildman–Crippen MR) is 111 cm³/mol. The van der Waals surface area contributed by atoms with E-state index in [2.05, 4.69) is 17.4 Å². The number of rotatable bonds is 4. The molecule has 1 amide bonds. The van der Waals surface area contributed by atoms with E-state index in [0.717, 1.165) is 12.0 Å². The first-order valence-electron chi connectivity index (χ1n) is 9.23.